The van der Waals surface area contributed by atoms with Gasteiger partial charge in [0.2, 0.25) is 5.91 Å². The molecule has 2 nitrogen and oxygen atoms in total. The first-order chi connectivity index (χ1) is 9.67. The summed E-state index contributed by atoms with van der Waals surface area (Å²) in [6.07, 6.45) is 5.34. The van der Waals surface area contributed by atoms with Gasteiger partial charge in [-0.15, -0.1) is 11.8 Å². The molecule has 0 radical (unpaired) electrons. The number of nitrogens with one attached hydrogen (secondary N) is 1. The lowest BCUT2D eigenvalue weighted by atomic mass is 10.2. The molecule has 20 heavy (non-hydrogen) atoms. The van der Waals surface area contributed by atoms with E-state index in [2.05, 4.69) is 5.32 Å². The second-order valence-electron chi connectivity index (χ2n) is 4.10. The van der Waals surface area contributed by atoms with Gasteiger partial charge < -0.3 is 5.32 Å². The van der Waals surface area contributed by atoms with E-state index in [0.29, 0.717) is 5.02 Å². The maximum Gasteiger partial charge on any atom is 0.248 e. The molecule has 0 aliphatic carbocycles. The van der Waals surface area contributed by atoms with Crippen LogP contribution in [0.2, 0.25) is 5.02 Å². The van der Waals surface area contributed by atoms with Crippen LogP contribution in [-0.4, -0.2) is 12.2 Å². The maximum absolute atomic E-state index is 11.8. The molecule has 1 amide bonds. The molecule has 0 fully saturated rings. The average Bonchev–Trinajstić information content (AvgIpc) is 2.48. The first kappa shape index (κ1) is 14.7. The third-order valence-electron chi connectivity index (χ3n) is 2.65. The molecule has 0 aliphatic rings. The van der Waals surface area contributed by atoms with Crippen LogP contribution in [0.4, 0.5) is 5.69 Å². The molecule has 2 rings (SSSR count). The van der Waals surface area contributed by atoms with E-state index < -0.39 is 0 Å². The molecule has 0 bridgehead atoms. The Balaban J connectivity index is 1.96. The van der Waals surface area contributed by atoms with Crippen molar-refractivity contribution in [2.75, 3.05) is 11.6 Å². The fourth-order valence-corrected chi connectivity index (χ4v) is 2.14. The standard InChI is InChI=1S/C16H14ClNOS/c1-20-15-9-2-12(3-10-15)4-11-16(19)18-14-7-5-13(17)6-8-14/h2-11H,1H3,(H,18,19). The summed E-state index contributed by atoms with van der Waals surface area (Å²) in [5.41, 5.74) is 1.72. The predicted molar refractivity (Wildman–Crippen MR) is 87.3 cm³/mol. The van der Waals surface area contributed by atoms with E-state index in [1.54, 1.807) is 42.1 Å². The van der Waals surface area contributed by atoms with Crippen LogP contribution in [0.3, 0.4) is 0 Å². The molecule has 0 spiro atoms. The Morgan fingerprint density at radius 3 is 2.35 bits per heavy atom. The largest absolute Gasteiger partial charge is 0.323 e. The fraction of sp³-hybridized carbons (Fsp3) is 0.0625. The number of anilines is 1. The molecule has 0 saturated heterocycles. The van der Waals surface area contributed by atoms with Crippen LogP contribution < -0.4 is 5.32 Å². The first-order valence-electron chi connectivity index (χ1n) is 6.06. The van der Waals surface area contributed by atoms with Crippen molar-refractivity contribution in [3.8, 4) is 0 Å². The van der Waals surface area contributed by atoms with Crippen LogP contribution in [-0.2, 0) is 4.79 Å². The molecule has 2 aromatic rings. The molecule has 0 atom stereocenters. The topological polar surface area (TPSA) is 29.1 Å². The summed E-state index contributed by atoms with van der Waals surface area (Å²) in [6, 6.07) is 15.0. The lowest BCUT2D eigenvalue weighted by Crippen LogP contribution is -2.07. The van der Waals surface area contributed by atoms with Crippen molar-refractivity contribution >= 4 is 41.0 Å². The van der Waals surface area contributed by atoms with Gasteiger partial charge >= 0.3 is 0 Å². The quantitative estimate of drug-likeness (QED) is 0.654. The first-order valence-corrected chi connectivity index (χ1v) is 7.66. The summed E-state index contributed by atoms with van der Waals surface area (Å²) in [7, 11) is 0. The van der Waals surface area contributed by atoms with Gasteiger partial charge in [-0.1, -0.05) is 23.7 Å². The Labute approximate surface area is 127 Å². The van der Waals surface area contributed by atoms with Crippen molar-refractivity contribution in [1.82, 2.24) is 0 Å². The molecule has 2 aromatic carbocycles. The molecule has 0 aromatic heterocycles. The molecule has 0 saturated carbocycles. The van der Waals surface area contributed by atoms with Crippen LogP contribution in [0.1, 0.15) is 5.56 Å². The van der Waals surface area contributed by atoms with Crippen molar-refractivity contribution in [1.29, 1.82) is 0 Å². The Hall–Kier alpha value is -1.71. The van der Waals surface area contributed by atoms with Crippen LogP contribution in [0, 0.1) is 0 Å². The Morgan fingerprint density at radius 1 is 1.10 bits per heavy atom. The van der Waals surface area contributed by atoms with Gasteiger partial charge in [0.1, 0.15) is 0 Å². The van der Waals surface area contributed by atoms with E-state index in [1.807, 2.05) is 30.5 Å². The van der Waals surface area contributed by atoms with Gasteiger partial charge in [0.15, 0.2) is 0 Å². The van der Waals surface area contributed by atoms with E-state index in [0.717, 1.165) is 11.3 Å². The van der Waals surface area contributed by atoms with Crippen molar-refractivity contribution in [3.63, 3.8) is 0 Å². The van der Waals surface area contributed by atoms with Crippen LogP contribution in [0.5, 0.6) is 0 Å². The molecule has 1 N–H and O–H groups in total. The Kier molecular flexibility index (Phi) is 5.27. The second-order valence-corrected chi connectivity index (χ2v) is 5.42. The summed E-state index contributed by atoms with van der Waals surface area (Å²) in [4.78, 5) is 13.0. The number of carbonyl (C=O) groups excluding carboxylic acids is 1. The van der Waals surface area contributed by atoms with Crippen molar-refractivity contribution in [2.24, 2.45) is 0 Å². The summed E-state index contributed by atoms with van der Waals surface area (Å²) < 4.78 is 0. The average molecular weight is 304 g/mol. The van der Waals surface area contributed by atoms with E-state index >= 15 is 0 Å². The third-order valence-corrected chi connectivity index (χ3v) is 3.65. The maximum atomic E-state index is 11.8. The molecular weight excluding hydrogens is 290 g/mol. The highest BCUT2D eigenvalue weighted by molar-refractivity contribution is 7.98. The minimum atomic E-state index is -0.165. The van der Waals surface area contributed by atoms with Crippen LogP contribution >= 0.6 is 23.4 Å². The van der Waals surface area contributed by atoms with Gasteiger partial charge in [0.25, 0.3) is 0 Å². The minimum absolute atomic E-state index is 0.165. The second kappa shape index (κ2) is 7.17. The zero-order chi connectivity index (χ0) is 14.4. The monoisotopic (exact) mass is 303 g/mol. The van der Waals surface area contributed by atoms with E-state index in [9.17, 15) is 4.79 Å². The summed E-state index contributed by atoms with van der Waals surface area (Å²) in [5.74, 6) is -0.165. The van der Waals surface area contributed by atoms with Gasteiger partial charge in [0.05, 0.1) is 0 Å². The molecule has 0 aliphatic heterocycles. The van der Waals surface area contributed by atoms with Gasteiger partial charge in [-0.2, -0.15) is 0 Å². The van der Waals surface area contributed by atoms with E-state index in [-0.39, 0.29) is 5.91 Å². The molecule has 0 heterocycles. The van der Waals surface area contributed by atoms with Crippen LogP contribution in [0.25, 0.3) is 6.08 Å². The zero-order valence-corrected chi connectivity index (χ0v) is 12.5. The van der Waals surface area contributed by atoms with Gasteiger partial charge in [-0.25, -0.2) is 0 Å². The van der Waals surface area contributed by atoms with Crippen LogP contribution in [0.15, 0.2) is 59.5 Å². The normalized spacial score (nSPS) is 10.7. The SMILES string of the molecule is CSc1ccc(C=CC(=O)Nc2ccc(Cl)cc2)cc1. The van der Waals surface area contributed by atoms with Crippen molar-refractivity contribution < 1.29 is 4.79 Å². The number of rotatable bonds is 4. The number of hydrogen-bond acceptors (Lipinski definition) is 2. The zero-order valence-electron chi connectivity index (χ0n) is 11.0. The molecule has 102 valence electrons. The fourth-order valence-electron chi connectivity index (χ4n) is 1.60. The summed E-state index contributed by atoms with van der Waals surface area (Å²) in [6.45, 7) is 0. The highest BCUT2D eigenvalue weighted by Crippen LogP contribution is 2.16. The molecule has 0 unspecified atom stereocenters. The highest BCUT2D eigenvalue weighted by Gasteiger charge is 1.98. The Morgan fingerprint density at radius 2 is 1.75 bits per heavy atom. The van der Waals surface area contributed by atoms with Gasteiger partial charge in [-0.3, -0.25) is 4.79 Å². The number of thioether (sulfide) groups is 1. The number of benzene rings is 2. The predicted octanol–water partition coefficient (Wildman–Crippen LogP) is 4.71. The number of carbonyl (C=O) groups is 1. The summed E-state index contributed by atoms with van der Waals surface area (Å²) in [5, 5.41) is 3.42. The highest BCUT2D eigenvalue weighted by atomic mass is 35.5. The lowest BCUT2D eigenvalue weighted by molar-refractivity contribution is -0.111. The van der Waals surface area contributed by atoms with Gasteiger partial charge in [0, 0.05) is 21.7 Å². The van der Waals surface area contributed by atoms with Gasteiger partial charge in [-0.05, 0) is 54.3 Å². The Bertz CT molecular complexity index is 605. The number of halogens is 1. The number of hydrogen-bond donors (Lipinski definition) is 1. The minimum Gasteiger partial charge on any atom is -0.323 e. The van der Waals surface area contributed by atoms with E-state index in [1.165, 1.54) is 11.0 Å². The van der Waals surface area contributed by atoms with Crippen molar-refractivity contribution in [2.45, 2.75) is 4.90 Å². The summed E-state index contributed by atoms with van der Waals surface area (Å²) >= 11 is 7.48. The van der Waals surface area contributed by atoms with E-state index in [4.69, 9.17) is 11.6 Å². The number of amides is 1. The smallest absolute Gasteiger partial charge is 0.248 e. The lowest BCUT2D eigenvalue weighted by Gasteiger charge is -2.01. The molecular formula is C16H14ClNOS. The molecule has 4 heteroatoms. The third kappa shape index (κ3) is 4.44. The van der Waals surface area contributed by atoms with Crippen molar-refractivity contribution in [3.05, 3.63) is 65.2 Å².